The van der Waals surface area contributed by atoms with Crippen molar-refractivity contribution in [1.82, 2.24) is 9.78 Å². The van der Waals surface area contributed by atoms with Crippen LogP contribution < -0.4 is 5.56 Å². The summed E-state index contributed by atoms with van der Waals surface area (Å²) in [5.41, 5.74) is 4.40. The molecule has 0 amide bonds. The Morgan fingerprint density at radius 2 is 2.04 bits per heavy atom. The number of benzene rings is 2. The lowest BCUT2D eigenvalue weighted by atomic mass is 10.00. The van der Waals surface area contributed by atoms with Gasteiger partial charge in [0.2, 0.25) is 0 Å². The van der Waals surface area contributed by atoms with Gasteiger partial charge in [0, 0.05) is 6.21 Å². The van der Waals surface area contributed by atoms with Gasteiger partial charge in [0.1, 0.15) is 11.4 Å². The lowest BCUT2D eigenvalue weighted by Gasteiger charge is -2.08. The fourth-order valence-corrected chi connectivity index (χ4v) is 3.28. The van der Waals surface area contributed by atoms with E-state index in [1.54, 1.807) is 28.9 Å². The third kappa shape index (κ3) is 3.47. The fourth-order valence-electron chi connectivity index (χ4n) is 3.28. The summed E-state index contributed by atoms with van der Waals surface area (Å²) in [4.78, 5) is 17.5. The van der Waals surface area contributed by atoms with Gasteiger partial charge in [-0.15, -0.1) is 0 Å². The largest absolute Gasteiger partial charge is 0.506 e. The summed E-state index contributed by atoms with van der Waals surface area (Å²) in [5, 5.41) is 13.2. The summed E-state index contributed by atoms with van der Waals surface area (Å²) in [5.74, 6) is 0.0784. The van der Waals surface area contributed by atoms with Gasteiger partial charge >= 0.3 is 0 Å². The van der Waals surface area contributed by atoms with E-state index in [2.05, 4.69) is 16.2 Å². The van der Waals surface area contributed by atoms with Crippen molar-refractivity contribution in [2.75, 3.05) is 0 Å². The van der Waals surface area contributed by atoms with Crippen LogP contribution in [0.15, 0.2) is 76.5 Å². The molecule has 0 saturated carbocycles. The van der Waals surface area contributed by atoms with E-state index in [0.29, 0.717) is 11.3 Å². The average Bonchev–Trinajstić information content (AvgIpc) is 3.04. The zero-order valence-corrected chi connectivity index (χ0v) is 15.6. The first-order valence-corrected chi connectivity index (χ1v) is 9.23. The molecule has 1 aliphatic rings. The van der Waals surface area contributed by atoms with Gasteiger partial charge in [-0.1, -0.05) is 42.5 Å². The van der Waals surface area contributed by atoms with Crippen LogP contribution in [-0.2, 0) is 0 Å². The van der Waals surface area contributed by atoms with E-state index in [1.165, 1.54) is 6.21 Å². The van der Waals surface area contributed by atoms with E-state index in [4.69, 9.17) is 0 Å². The zero-order chi connectivity index (χ0) is 19.5. The third-order valence-electron chi connectivity index (χ3n) is 4.74. The Labute approximate surface area is 163 Å². The number of aliphatic imine (C=N–C) groups is 1. The molecule has 0 fully saturated rings. The monoisotopic (exact) mass is 371 g/mol. The number of nitrogens with one attached hydrogen (secondary N) is 1. The molecule has 28 heavy (non-hydrogen) atoms. The van der Waals surface area contributed by atoms with Gasteiger partial charge in [0.05, 0.1) is 16.9 Å². The lowest BCUT2D eigenvalue weighted by molar-refractivity contribution is 0.477. The zero-order valence-electron chi connectivity index (χ0n) is 15.6. The molecule has 1 aliphatic carbocycles. The van der Waals surface area contributed by atoms with E-state index in [1.807, 2.05) is 43.3 Å². The maximum atomic E-state index is 13.2. The van der Waals surface area contributed by atoms with E-state index in [9.17, 15) is 9.90 Å². The Kier molecular flexibility index (Phi) is 4.81. The predicted molar refractivity (Wildman–Crippen MR) is 113 cm³/mol. The molecule has 0 spiro atoms. The molecule has 5 nitrogen and oxygen atoms in total. The molecule has 0 saturated heterocycles. The summed E-state index contributed by atoms with van der Waals surface area (Å²) in [6.45, 7) is 1.99. The van der Waals surface area contributed by atoms with Crippen molar-refractivity contribution in [2.24, 2.45) is 4.99 Å². The second-order valence-electron chi connectivity index (χ2n) is 6.79. The molecule has 0 bridgehead atoms. The molecule has 1 heterocycles. The highest BCUT2D eigenvalue weighted by Gasteiger charge is 2.17. The van der Waals surface area contributed by atoms with Crippen LogP contribution in [0.3, 0.4) is 0 Å². The van der Waals surface area contributed by atoms with Crippen molar-refractivity contribution < 1.29 is 5.11 Å². The number of hydrogen-bond donors (Lipinski definition) is 2. The van der Waals surface area contributed by atoms with Gasteiger partial charge in [0.25, 0.3) is 5.56 Å². The number of hydrogen-bond acceptors (Lipinski definition) is 3. The molecular formula is C23H21N3O2. The Hall–Kier alpha value is -3.60. The molecule has 0 radical (unpaired) electrons. The van der Waals surface area contributed by atoms with E-state index in [-0.39, 0.29) is 11.3 Å². The quantitative estimate of drug-likeness (QED) is 0.655. The highest BCUT2D eigenvalue weighted by Crippen LogP contribution is 2.27. The molecule has 5 heteroatoms. The van der Waals surface area contributed by atoms with Crippen LogP contribution in [0.4, 0.5) is 5.69 Å². The van der Waals surface area contributed by atoms with E-state index in [0.717, 1.165) is 35.4 Å². The number of rotatable bonds is 4. The summed E-state index contributed by atoms with van der Waals surface area (Å²) < 4.78 is 1.55. The Morgan fingerprint density at radius 3 is 2.79 bits per heavy atom. The van der Waals surface area contributed by atoms with Crippen molar-refractivity contribution in [2.45, 2.75) is 19.8 Å². The minimum atomic E-state index is -0.171. The average molecular weight is 371 g/mol. The molecular weight excluding hydrogens is 350 g/mol. The van der Waals surface area contributed by atoms with E-state index >= 15 is 0 Å². The smallest absolute Gasteiger partial charge is 0.280 e. The van der Waals surface area contributed by atoms with Crippen molar-refractivity contribution >= 4 is 17.5 Å². The molecule has 1 aromatic heterocycles. The number of aryl methyl sites for hydroxylation is 1. The van der Waals surface area contributed by atoms with Gasteiger partial charge < -0.3 is 5.11 Å². The number of nitrogens with zero attached hydrogens (tertiary/aromatic N) is 2. The maximum absolute atomic E-state index is 13.2. The molecule has 0 aliphatic heterocycles. The minimum Gasteiger partial charge on any atom is -0.506 e. The van der Waals surface area contributed by atoms with Crippen molar-refractivity contribution in [3.8, 4) is 11.4 Å². The van der Waals surface area contributed by atoms with Gasteiger partial charge in [-0.25, -0.2) is 4.68 Å². The number of para-hydroxylation sites is 2. The molecule has 0 atom stereocenters. The van der Waals surface area contributed by atoms with Crippen LogP contribution in [0, 0.1) is 6.92 Å². The first-order chi connectivity index (χ1) is 13.6. The molecule has 4 rings (SSSR count). The van der Waals surface area contributed by atoms with Crippen LogP contribution in [-0.4, -0.2) is 21.1 Å². The number of H-pyrrole nitrogens is 1. The van der Waals surface area contributed by atoms with Gasteiger partial charge in [-0.3, -0.25) is 14.9 Å². The highest BCUT2D eigenvalue weighted by molar-refractivity contribution is 5.89. The molecule has 2 aromatic carbocycles. The normalized spacial score (nSPS) is 13.8. The SMILES string of the molecule is Cc1cccc(-n2[nH]c(C3=CC=CCC3)c(C=Nc3ccccc3O)c2=O)c1. The Bertz CT molecular complexity index is 1160. The number of phenols is 1. The molecule has 140 valence electrons. The van der Waals surface area contributed by atoms with E-state index < -0.39 is 0 Å². The van der Waals surface area contributed by atoms with Gasteiger partial charge in [-0.2, -0.15) is 0 Å². The third-order valence-corrected chi connectivity index (χ3v) is 4.74. The summed E-state index contributed by atoms with van der Waals surface area (Å²) in [6.07, 6.45) is 9.45. The molecule has 3 aromatic rings. The van der Waals surface area contributed by atoms with Crippen LogP contribution >= 0.6 is 0 Å². The molecule has 2 N–H and O–H groups in total. The Balaban J connectivity index is 1.86. The van der Waals surface area contributed by atoms with Gasteiger partial charge in [-0.05, 0) is 55.2 Å². The van der Waals surface area contributed by atoms with Crippen molar-refractivity contribution in [3.63, 3.8) is 0 Å². The summed E-state index contributed by atoms with van der Waals surface area (Å²) in [7, 11) is 0. The first kappa shape index (κ1) is 17.8. The number of aromatic hydroxyl groups is 1. The van der Waals surface area contributed by atoms with Crippen LogP contribution in [0.5, 0.6) is 5.75 Å². The number of aromatic nitrogens is 2. The highest BCUT2D eigenvalue weighted by atomic mass is 16.3. The van der Waals surface area contributed by atoms with Crippen LogP contribution in [0.2, 0.25) is 0 Å². The maximum Gasteiger partial charge on any atom is 0.280 e. The number of phenolic OH excluding ortho intramolecular Hbond substituents is 1. The standard InChI is InChI=1S/C23H21N3O2/c1-16-8-7-11-18(14-16)26-23(28)19(15-24-20-12-5-6-13-21(20)27)22(25-26)17-9-3-2-4-10-17/h2-3,5-9,11-15,25,27H,4,10H2,1H3. The van der Waals surface area contributed by atoms with Crippen molar-refractivity contribution in [3.05, 3.63) is 93.9 Å². The fraction of sp³-hybridized carbons (Fsp3) is 0.130. The second-order valence-corrected chi connectivity index (χ2v) is 6.79. The summed E-state index contributed by atoms with van der Waals surface area (Å²) >= 11 is 0. The first-order valence-electron chi connectivity index (χ1n) is 9.23. The number of allylic oxidation sites excluding steroid dienone is 4. The summed E-state index contributed by atoms with van der Waals surface area (Å²) in [6, 6.07) is 14.6. The Morgan fingerprint density at radius 1 is 1.18 bits per heavy atom. The van der Waals surface area contributed by atoms with Gasteiger partial charge in [0.15, 0.2) is 0 Å². The lowest BCUT2D eigenvalue weighted by Crippen LogP contribution is -2.17. The van der Waals surface area contributed by atoms with Crippen molar-refractivity contribution in [1.29, 1.82) is 0 Å². The van der Waals surface area contributed by atoms with Crippen LogP contribution in [0.25, 0.3) is 11.3 Å². The predicted octanol–water partition coefficient (Wildman–Crippen LogP) is 4.66. The molecule has 0 unspecified atom stereocenters. The second kappa shape index (κ2) is 7.56. The van der Waals surface area contributed by atoms with Crippen LogP contribution in [0.1, 0.15) is 29.7 Å². The number of aromatic amines is 1. The minimum absolute atomic E-state index is 0.0784. The topological polar surface area (TPSA) is 70.4 Å².